The number of rotatable bonds is 5. The number of nitrogens with one attached hydrogen (secondary N) is 1. The molecule has 0 heterocycles. The van der Waals surface area contributed by atoms with Gasteiger partial charge >= 0.3 is 0 Å². The second-order valence-corrected chi connectivity index (χ2v) is 10.1. The third-order valence-electron chi connectivity index (χ3n) is 6.55. The van der Waals surface area contributed by atoms with E-state index in [4.69, 9.17) is 5.14 Å². The first-order valence-electron chi connectivity index (χ1n) is 9.24. The largest absolute Gasteiger partial charge is 0.352 e. The number of primary sulfonamides is 1. The van der Waals surface area contributed by atoms with E-state index >= 15 is 0 Å². The lowest BCUT2D eigenvalue weighted by Gasteiger charge is -2.57. The number of amides is 1. The number of carbonyl (C=O) groups excluding carboxylic acids is 1. The number of nitrogens with two attached hydrogens (primary N) is 1. The monoisotopic (exact) mass is 362 g/mol. The fraction of sp³-hybridized carbons (Fsp3) is 0.632. The summed E-state index contributed by atoms with van der Waals surface area (Å²) in [5.41, 5.74) is 0.928. The van der Waals surface area contributed by atoms with Crippen molar-refractivity contribution in [1.82, 2.24) is 5.32 Å². The molecule has 1 amide bonds. The highest BCUT2D eigenvalue weighted by Crippen LogP contribution is 2.61. The van der Waals surface area contributed by atoms with Gasteiger partial charge in [0.05, 0.1) is 4.90 Å². The number of carbonyl (C=O) groups is 1. The van der Waals surface area contributed by atoms with Crippen LogP contribution in [0.3, 0.4) is 0 Å². The third kappa shape index (κ3) is 3.47. The van der Waals surface area contributed by atoms with Gasteiger partial charge in [0.25, 0.3) is 5.91 Å². The topological polar surface area (TPSA) is 89.3 Å². The normalized spacial score (nSPS) is 33.4. The summed E-state index contributed by atoms with van der Waals surface area (Å²) in [6.45, 7) is 0.696. The van der Waals surface area contributed by atoms with Gasteiger partial charge in [0, 0.05) is 12.1 Å². The summed E-state index contributed by atoms with van der Waals surface area (Å²) < 4.78 is 22.5. The molecular formula is C19H26N2O3S. The molecule has 0 aromatic heterocycles. The molecule has 4 bridgehead atoms. The Morgan fingerprint density at radius 2 is 1.56 bits per heavy atom. The van der Waals surface area contributed by atoms with E-state index in [2.05, 4.69) is 5.32 Å². The van der Waals surface area contributed by atoms with Crippen molar-refractivity contribution in [3.8, 4) is 0 Å². The van der Waals surface area contributed by atoms with Crippen LogP contribution < -0.4 is 10.5 Å². The van der Waals surface area contributed by atoms with Crippen LogP contribution >= 0.6 is 0 Å². The average molecular weight is 362 g/mol. The van der Waals surface area contributed by atoms with Gasteiger partial charge in [0.2, 0.25) is 10.0 Å². The van der Waals surface area contributed by atoms with Crippen LogP contribution in [0.2, 0.25) is 0 Å². The zero-order valence-electron chi connectivity index (χ0n) is 14.4. The van der Waals surface area contributed by atoms with E-state index in [1.807, 2.05) is 0 Å². The second-order valence-electron chi connectivity index (χ2n) is 8.49. The van der Waals surface area contributed by atoms with E-state index in [0.717, 1.165) is 24.2 Å². The Morgan fingerprint density at radius 1 is 1.04 bits per heavy atom. The van der Waals surface area contributed by atoms with Crippen molar-refractivity contribution in [3.05, 3.63) is 29.8 Å². The first-order chi connectivity index (χ1) is 11.8. The van der Waals surface area contributed by atoms with Crippen LogP contribution in [0.25, 0.3) is 0 Å². The predicted molar refractivity (Wildman–Crippen MR) is 95.4 cm³/mol. The minimum atomic E-state index is -3.72. The molecule has 5 nitrogen and oxygen atoms in total. The van der Waals surface area contributed by atoms with Gasteiger partial charge in [0.15, 0.2) is 0 Å². The van der Waals surface area contributed by atoms with Crippen molar-refractivity contribution in [2.45, 2.75) is 49.8 Å². The van der Waals surface area contributed by atoms with Crippen LogP contribution in [0, 0.1) is 23.2 Å². The van der Waals surface area contributed by atoms with E-state index < -0.39 is 10.0 Å². The number of hydrogen-bond donors (Lipinski definition) is 2. The molecule has 0 aliphatic heterocycles. The van der Waals surface area contributed by atoms with E-state index in [1.165, 1.54) is 62.8 Å². The maximum absolute atomic E-state index is 12.3. The maximum atomic E-state index is 12.3. The SMILES string of the molecule is NS(=O)(=O)c1ccc(C(=O)NCCC23CC4CC(CC(C4)C2)C3)cc1. The molecule has 4 aliphatic rings. The molecule has 5 rings (SSSR count). The van der Waals surface area contributed by atoms with E-state index in [9.17, 15) is 13.2 Å². The number of benzene rings is 1. The molecule has 0 saturated heterocycles. The van der Waals surface area contributed by atoms with Crippen molar-refractivity contribution < 1.29 is 13.2 Å². The highest BCUT2D eigenvalue weighted by molar-refractivity contribution is 7.89. The molecule has 0 radical (unpaired) electrons. The van der Waals surface area contributed by atoms with Gasteiger partial charge in [-0.05, 0) is 92.4 Å². The van der Waals surface area contributed by atoms with Crippen LogP contribution in [0.4, 0.5) is 0 Å². The molecule has 136 valence electrons. The fourth-order valence-corrected chi connectivity index (χ4v) is 6.45. The van der Waals surface area contributed by atoms with Crippen molar-refractivity contribution >= 4 is 15.9 Å². The second kappa shape index (κ2) is 6.09. The Labute approximate surface area is 149 Å². The standard InChI is InChI=1S/C19H26N2O3S/c20-25(23,24)17-3-1-16(2-4-17)18(22)21-6-5-19-10-13-7-14(11-19)9-15(8-13)12-19/h1-4,13-15H,5-12H2,(H,21,22)(H2,20,23,24). The highest BCUT2D eigenvalue weighted by Gasteiger charge is 2.50. The lowest BCUT2D eigenvalue weighted by Crippen LogP contribution is -2.47. The fourth-order valence-electron chi connectivity index (χ4n) is 5.94. The summed E-state index contributed by atoms with van der Waals surface area (Å²) in [5.74, 6) is 2.62. The maximum Gasteiger partial charge on any atom is 0.251 e. The van der Waals surface area contributed by atoms with Gasteiger partial charge in [-0.2, -0.15) is 0 Å². The van der Waals surface area contributed by atoms with Crippen LogP contribution in [0.1, 0.15) is 55.3 Å². The molecule has 4 saturated carbocycles. The molecule has 4 aliphatic carbocycles. The Balaban J connectivity index is 1.33. The summed E-state index contributed by atoms with van der Waals surface area (Å²) in [6.07, 6.45) is 9.40. The Bertz CT molecular complexity index is 735. The summed E-state index contributed by atoms with van der Waals surface area (Å²) in [5, 5.41) is 8.09. The summed E-state index contributed by atoms with van der Waals surface area (Å²) in [6, 6.07) is 5.78. The van der Waals surface area contributed by atoms with Crippen LogP contribution in [-0.4, -0.2) is 20.9 Å². The first kappa shape index (κ1) is 17.0. The molecule has 0 spiro atoms. The lowest BCUT2D eigenvalue weighted by molar-refractivity contribution is -0.0564. The summed E-state index contributed by atoms with van der Waals surface area (Å²) in [7, 11) is -3.72. The molecule has 1 aromatic carbocycles. The Morgan fingerprint density at radius 3 is 2.04 bits per heavy atom. The van der Waals surface area contributed by atoms with Gasteiger partial charge in [-0.1, -0.05) is 0 Å². The zero-order valence-corrected chi connectivity index (χ0v) is 15.2. The van der Waals surface area contributed by atoms with Gasteiger partial charge in [-0.25, -0.2) is 13.6 Å². The van der Waals surface area contributed by atoms with Crippen molar-refractivity contribution in [1.29, 1.82) is 0 Å². The summed E-state index contributed by atoms with van der Waals surface area (Å²) >= 11 is 0. The number of hydrogen-bond acceptors (Lipinski definition) is 3. The molecule has 6 heteroatoms. The molecule has 0 atom stereocenters. The van der Waals surface area contributed by atoms with Gasteiger partial charge in [-0.3, -0.25) is 4.79 Å². The lowest BCUT2D eigenvalue weighted by atomic mass is 9.49. The minimum Gasteiger partial charge on any atom is -0.352 e. The van der Waals surface area contributed by atoms with Crippen molar-refractivity contribution in [2.75, 3.05) is 6.54 Å². The van der Waals surface area contributed by atoms with Crippen molar-refractivity contribution in [3.63, 3.8) is 0 Å². The van der Waals surface area contributed by atoms with Crippen LogP contribution in [0.5, 0.6) is 0 Å². The average Bonchev–Trinajstić information content (AvgIpc) is 2.52. The quantitative estimate of drug-likeness (QED) is 0.844. The molecule has 4 fully saturated rings. The third-order valence-corrected chi connectivity index (χ3v) is 7.48. The smallest absolute Gasteiger partial charge is 0.251 e. The zero-order chi connectivity index (χ0) is 17.7. The molecular weight excluding hydrogens is 336 g/mol. The Hall–Kier alpha value is -1.40. The molecule has 1 aromatic rings. The van der Waals surface area contributed by atoms with Gasteiger partial charge in [-0.15, -0.1) is 0 Å². The van der Waals surface area contributed by atoms with Crippen LogP contribution in [-0.2, 0) is 10.0 Å². The Kier molecular flexibility index (Phi) is 4.15. The van der Waals surface area contributed by atoms with Gasteiger partial charge < -0.3 is 5.32 Å². The predicted octanol–water partition coefficient (Wildman–Crippen LogP) is 2.67. The van der Waals surface area contributed by atoms with E-state index in [0.29, 0.717) is 17.5 Å². The highest BCUT2D eigenvalue weighted by atomic mass is 32.2. The minimum absolute atomic E-state index is 0.0256. The van der Waals surface area contributed by atoms with Gasteiger partial charge in [0.1, 0.15) is 0 Å². The molecule has 0 unspecified atom stereocenters. The molecule has 3 N–H and O–H groups in total. The number of sulfonamides is 1. The van der Waals surface area contributed by atoms with Crippen LogP contribution in [0.15, 0.2) is 29.2 Å². The molecule has 25 heavy (non-hydrogen) atoms. The van der Waals surface area contributed by atoms with Crippen molar-refractivity contribution in [2.24, 2.45) is 28.3 Å². The van der Waals surface area contributed by atoms with E-state index in [1.54, 1.807) is 0 Å². The first-order valence-corrected chi connectivity index (χ1v) is 10.8. The summed E-state index contributed by atoms with van der Waals surface area (Å²) in [4.78, 5) is 12.3. The van der Waals surface area contributed by atoms with E-state index in [-0.39, 0.29) is 10.8 Å².